The maximum Gasteiger partial charge on any atom is 0.323 e. The summed E-state index contributed by atoms with van der Waals surface area (Å²) in [5, 5.41) is 15.0. The van der Waals surface area contributed by atoms with Crippen molar-refractivity contribution in [3.63, 3.8) is 0 Å². The van der Waals surface area contributed by atoms with Gasteiger partial charge < -0.3 is 5.11 Å². The van der Waals surface area contributed by atoms with Crippen molar-refractivity contribution in [3.05, 3.63) is 16.6 Å². The molecule has 2 rings (SSSR count). The average molecular weight is 212 g/mol. The predicted molar refractivity (Wildman–Crippen MR) is 53.2 cm³/mol. The average Bonchev–Trinajstić information content (AvgIpc) is 2.53. The summed E-state index contributed by atoms with van der Waals surface area (Å²) in [7, 11) is 0. The molecule has 0 bridgehead atoms. The van der Waals surface area contributed by atoms with Gasteiger partial charge in [-0.1, -0.05) is 0 Å². The second-order valence-corrected chi connectivity index (χ2v) is 4.50. The van der Waals surface area contributed by atoms with Gasteiger partial charge in [0.2, 0.25) is 0 Å². The number of thiazole rings is 1. The Kier molecular flexibility index (Phi) is 2.52. The molecular formula is C9H12N2O2S. The van der Waals surface area contributed by atoms with Crippen molar-refractivity contribution in [1.29, 1.82) is 0 Å². The normalized spacial score (nSPS) is 18.9. The number of nitrogens with zero attached hydrogens (tertiary/aromatic N) is 1. The molecule has 0 atom stereocenters. The standard InChI is InChI=1S/C9H12N2O2S/c12-8(13)9(2-1-3-9)11-6-7-10-4-5-14-7/h4-5,11H,1-3,6H2,(H,12,13). The van der Waals surface area contributed by atoms with Crippen LogP contribution in [-0.2, 0) is 11.3 Å². The molecule has 0 amide bonds. The van der Waals surface area contributed by atoms with Gasteiger partial charge in [0.25, 0.3) is 0 Å². The molecule has 0 saturated heterocycles. The van der Waals surface area contributed by atoms with Crippen molar-refractivity contribution in [2.24, 2.45) is 0 Å². The van der Waals surface area contributed by atoms with E-state index >= 15 is 0 Å². The molecule has 14 heavy (non-hydrogen) atoms. The Hall–Kier alpha value is -0.940. The Morgan fingerprint density at radius 2 is 2.50 bits per heavy atom. The summed E-state index contributed by atoms with van der Waals surface area (Å²) >= 11 is 1.54. The number of hydrogen-bond acceptors (Lipinski definition) is 4. The van der Waals surface area contributed by atoms with Crippen LogP contribution in [0.4, 0.5) is 0 Å². The first-order valence-electron chi connectivity index (χ1n) is 4.60. The van der Waals surface area contributed by atoms with Crippen LogP contribution in [0.2, 0.25) is 0 Å². The molecule has 1 aliphatic rings. The van der Waals surface area contributed by atoms with Crippen LogP contribution in [0.3, 0.4) is 0 Å². The maximum atomic E-state index is 11.0. The molecule has 0 unspecified atom stereocenters. The smallest absolute Gasteiger partial charge is 0.323 e. The van der Waals surface area contributed by atoms with Crippen molar-refractivity contribution in [2.45, 2.75) is 31.3 Å². The Morgan fingerprint density at radius 3 is 2.93 bits per heavy atom. The van der Waals surface area contributed by atoms with E-state index in [4.69, 9.17) is 5.11 Å². The fourth-order valence-corrected chi connectivity index (χ4v) is 2.14. The van der Waals surface area contributed by atoms with Crippen LogP contribution in [0.15, 0.2) is 11.6 Å². The van der Waals surface area contributed by atoms with Gasteiger partial charge in [0, 0.05) is 18.1 Å². The van der Waals surface area contributed by atoms with Gasteiger partial charge in [-0.05, 0) is 19.3 Å². The van der Waals surface area contributed by atoms with E-state index in [0.717, 1.165) is 24.3 Å². The van der Waals surface area contributed by atoms with Gasteiger partial charge in [0.15, 0.2) is 0 Å². The molecule has 1 fully saturated rings. The minimum absolute atomic E-state index is 0.559. The quantitative estimate of drug-likeness (QED) is 0.788. The highest BCUT2D eigenvalue weighted by Gasteiger charge is 2.43. The highest BCUT2D eigenvalue weighted by atomic mass is 32.1. The van der Waals surface area contributed by atoms with E-state index in [1.807, 2.05) is 5.38 Å². The Labute approximate surface area is 86.0 Å². The molecule has 1 saturated carbocycles. The predicted octanol–water partition coefficient (Wildman–Crippen LogP) is 1.24. The first-order valence-corrected chi connectivity index (χ1v) is 5.48. The molecule has 5 heteroatoms. The fraction of sp³-hybridized carbons (Fsp3) is 0.556. The molecule has 0 aliphatic heterocycles. The van der Waals surface area contributed by atoms with E-state index in [-0.39, 0.29) is 0 Å². The lowest BCUT2D eigenvalue weighted by Gasteiger charge is -2.38. The van der Waals surface area contributed by atoms with Crippen molar-refractivity contribution < 1.29 is 9.90 Å². The summed E-state index contributed by atoms with van der Waals surface area (Å²) in [5.41, 5.74) is -0.675. The zero-order valence-corrected chi connectivity index (χ0v) is 8.51. The molecule has 0 spiro atoms. The van der Waals surface area contributed by atoms with Crippen LogP contribution in [0, 0.1) is 0 Å². The molecule has 1 aromatic rings. The van der Waals surface area contributed by atoms with Crippen LogP contribution >= 0.6 is 11.3 Å². The molecule has 4 nitrogen and oxygen atoms in total. The number of hydrogen-bond donors (Lipinski definition) is 2. The molecule has 0 radical (unpaired) electrons. The van der Waals surface area contributed by atoms with Crippen molar-refractivity contribution in [2.75, 3.05) is 0 Å². The molecule has 2 N–H and O–H groups in total. The Balaban J connectivity index is 1.93. The lowest BCUT2D eigenvalue weighted by molar-refractivity contribution is -0.148. The Morgan fingerprint density at radius 1 is 1.71 bits per heavy atom. The number of carboxylic acids is 1. The summed E-state index contributed by atoms with van der Waals surface area (Å²) < 4.78 is 0. The van der Waals surface area contributed by atoms with Crippen LogP contribution in [0.5, 0.6) is 0 Å². The summed E-state index contributed by atoms with van der Waals surface area (Å²) in [5.74, 6) is -0.736. The summed E-state index contributed by atoms with van der Waals surface area (Å²) in [4.78, 5) is 15.1. The first-order chi connectivity index (χ1) is 6.73. The highest BCUT2D eigenvalue weighted by Crippen LogP contribution is 2.32. The number of carboxylic acid groups (broad SMARTS) is 1. The largest absolute Gasteiger partial charge is 0.480 e. The van der Waals surface area contributed by atoms with E-state index in [2.05, 4.69) is 10.3 Å². The third-order valence-corrected chi connectivity index (χ3v) is 3.46. The number of rotatable bonds is 4. The summed E-state index contributed by atoms with van der Waals surface area (Å²) in [6.45, 7) is 0.559. The number of aliphatic carboxylic acids is 1. The summed E-state index contributed by atoms with van der Waals surface area (Å²) in [6.07, 6.45) is 4.19. The lowest BCUT2D eigenvalue weighted by atomic mass is 9.77. The van der Waals surface area contributed by atoms with Crippen LogP contribution in [0.1, 0.15) is 24.3 Å². The van der Waals surface area contributed by atoms with Crippen molar-refractivity contribution >= 4 is 17.3 Å². The highest BCUT2D eigenvalue weighted by molar-refractivity contribution is 7.09. The SMILES string of the molecule is O=C(O)C1(NCc2nccs2)CCC1. The van der Waals surface area contributed by atoms with Gasteiger partial charge in [-0.3, -0.25) is 10.1 Å². The molecular weight excluding hydrogens is 200 g/mol. The molecule has 76 valence electrons. The second-order valence-electron chi connectivity index (χ2n) is 3.52. The topological polar surface area (TPSA) is 62.2 Å². The summed E-state index contributed by atoms with van der Waals surface area (Å²) in [6, 6.07) is 0. The molecule has 1 aliphatic carbocycles. The maximum absolute atomic E-state index is 11.0. The van der Waals surface area contributed by atoms with E-state index in [0.29, 0.717) is 6.54 Å². The van der Waals surface area contributed by atoms with Crippen LogP contribution < -0.4 is 5.32 Å². The second kappa shape index (κ2) is 3.67. The van der Waals surface area contributed by atoms with Gasteiger partial charge in [0.1, 0.15) is 10.5 Å². The monoisotopic (exact) mass is 212 g/mol. The zero-order valence-electron chi connectivity index (χ0n) is 7.69. The fourth-order valence-electron chi connectivity index (χ4n) is 1.58. The number of nitrogens with one attached hydrogen (secondary N) is 1. The van der Waals surface area contributed by atoms with Gasteiger partial charge in [-0.2, -0.15) is 0 Å². The third-order valence-electron chi connectivity index (χ3n) is 2.68. The molecule has 0 aromatic carbocycles. The van der Waals surface area contributed by atoms with Crippen LogP contribution in [0.25, 0.3) is 0 Å². The van der Waals surface area contributed by atoms with Crippen LogP contribution in [-0.4, -0.2) is 21.6 Å². The first kappa shape index (κ1) is 9.61. The van der Waals surface area contributed by atoms with Crippen molar-refractivity contribution in [1.82, 2.24) is 10.3 Å². The molecule has 1 aromatic heterocycles. The van der Waals surface area contributed by atoms with Gasteiger partial charge in [0.05, 0.1) is 0 Å². The van der Waals surface area contributed by atoms with E-state index in [1.165, 1.54) is 0 Å². The van der Waals surface area contributed by atoms with Gasteiger partial charge >= 0.3 is 5.97 Å². The lowest BCUT2D eigenvalue weighted by Crippen LogP contribution is -2.56. The minimum Gasteiger partial charge on any atom is -0.480 e. The Bertz CT molecular complexity index is 320. The minimum atomic E-state index is -0.736. The zero-order chi connectivity index (χ0) is 10.0. The van der Waals surface area contributed by atoms with Gasteiger partial charge in [-0.25, -0.2) is 4.98 Å². The number of aromatic nitrogens is 1. The number of carbonyl (C=O) groups is 1. The third kappa shape index (κ3) is 1.65. The van der Waals surface area contributed by atoms with E-state index in [1.54, 1.807) is 17.5 Å². The van der Waals surface area contributed by atoms with E-state index in [9.17, 15) is 4.79 Å². The van der Waals surface area contributed by atoms with E-state index < -0.39 is 11.5 Å². The van der Waals surface area contributed by atoms with Gasteiger partial charge in [-0.15, -0.1) is 11.3 Å². The molecule has 1 heterocycles. The van der Waals surface area contributed by atoms with Crippen molar-refractivity contribution in [3.8, 4) is 0 Å².